The second-order valence-electron chi connectivity index (χ2n) is 4.45. The molecule has 1 amide bonds. The number of amides is 1. The van der Waals surface area contributed by atoms with Gasteiger partial charge in [0.05, 0.1) is 0 Å². The van der Waals surface area contributed by atoms with Gasteiger partial charge in [0.15, 0.2) is 0 Å². The predicted molar refractivity (Wildman–Crippen MR) is 64.4 cm³/mol. The maximum absolute atomic E-state index is 11.7. The highest BCUT2D eigenvalue weighted by Gasteiger charge is 2.19. The number of ether oxygens (including phenoxy) is 1. The number of hydrogen-bond acceptors (Lipinski definition) is 3. The van der Waals surface area contributed by atoms with Crippen molar-refractivity contribution in [3.63, 3.8) is 0 Å². The summed E-state index contributed by atoms with van der Waals surface area (Å²) in [6.07, 6.45) is 3.42. The van der Waals surface area contributed by atoms with Gasteiger partial charge >= 0.3 is 0 Å². The summed E-state index contributed by atoms with van der Waals surface area (Å²) in [5, 5.41) is 3.32. The Labute approximate surface area is 98.3 Å². The molecule has 1 saturated heterocycles. The summed E-state index contributed by atoms with van der Waals surface area (Å²) in [7, 11) is 0. The molecule has 16 heavy (non-hydrogen) atoms. The number of carbonyl (C=O) groups is 1. The van der Waals surface area contributed by atoms with E-state index in [0.717, 1.165) is 26.1 Å². The molecule has 1 atom stereocenters. The van der Waals surface area contributed by atoms with E-state index in [9.17, 15) is 4.79 Å². The van der Waals surface area contributed by atoms with Crippen LogP contribution in [0.25, 0.3) is 0 Å². The van der Waals surface area contributed by atoms with Crippen LogP contribution in [0.5, 0.6) is 0 Å². The zero-order chi connectivity index (χ0) is 11.8. The highest BCUT2D eigenvalue weighted by Crippen LogP contribution is 2.00. The van der Waals surface area contributed by atoms with Crippen LogP contribution in [0, 0.1) is 0 Å². The molecule has 1 aliphatic rings. The topological polar surface area (TPSA) is 41.6 Å². The van der Waals surface area contributed by atoms with Crippen LogP contribution in [0.3, 0.4) is 0 Å². The lowest BCUT2D eigenvalue weighted by atomic mass is 10.2. The number of hydrogen-bond donors (Lipinski definition) is 1. The number of nitrogens with one attached hydrogen (secondary N) is 1. The molecule has 1 fully saturated rings. The van der Waals surface area contributed by atoms with Gasteiger partial charge in [-0.1, -0.05) is 19.8 Å². The van der Waals surface area contributed by atoms with Crippen LogP contribution in [0.2, 0.25) is 0 Å². The van der Waals surface area contributed by atoms with Crippen LogP contribution in [0.1, 0.15) is 33.1 Å². The molecule has 0 aromatic rings. The quantitative estimate of drug-likeness (QED) is 0.690. The van der Waals surface area contributed by atoms with Crippen molar-refractivity contribution in [3.05, 3.63) is 0 Å². The summed E-state index contributed by atoms with van der Waals surface area (Å²) in [6, 6.07) is 0.401. The van der Waals surface area contributed by atoms with Crippen LogP contribution in [-0.4, -0.2) is 49.7 Å². The molecule has 1 heterocycles. The van der Waals surface area contributed by atoms with Gasteiger partial charge in [-0.3, -0.25) is 4.79 Å². The molecule has 94 valence electrons. The number of piperazine rings is 1. The van der Waals surface area contributed by atoms with Crippen LogP contribution in [0.4, 0.5) is 0 Å². The first-order chi connectivity index (χ1) is 7.74. The Morgan fingerprint density at radius 2 is 2.31 bits per heavy atom. The van der Waals surface area contributed by atoms with Gasteiger partial charge in [0, 0.05) is 32.3 Å². The second-order valence-corrected chi connectivity index (χ2v) is 4.45. The van der Waals surface area contributed by atoms with Crippen molar-refractivity contribution < 1.29 is 9.53 Å². The van der Waals surface area contributed by atoms with Crippen molar-refractivity contribution in [2.75, 3.05) is 32.8 Å². The largest absolute Gasteiger partial charge is 0.372 e. The molecule has 1 N–H and O–H groups in total. The molecular weight excluding hydrogens is 204 g/mol. The zero-order valence-corrected chi connectivity index (χ0v) is 10.5. The maximum atomic E-state index is 11.7. The molecule has 0 spiro atoms. The van der Waals surface area contributed by atoms with E-state index in [1.54, 1.807) is 0 Å². The Balaban J connectivity index is 2.09. The van der Waals surface area contributed by atoms with Crippen molar-refractivity contribution in [2.45, 2.75) is 39.2 Å². The predicted octanol–water partition coefficient (Wildman–Crippen LogP) is 1.01. The normalized spacial score (nSPS) is 21.1. The Morgan fingerprint density at radius 1 is 1.50 bits per heavy atom. The van der Waals surface area contributed by atoms with Crippen molar-refractivity contribution in [2.24, 2.45) is 0 Å². The molecule has 4 heteroatoms. The SMILES string of the molecule is CCCCCOCC(=O)N1CCNC(C)C1. The minimum absolute atomic E-state index is 0.129. The van der Waals surface area contributed by atoms with Gasteiger partial charge in [0.25, 0.3) is 0 Å². The Bertz CT molecular complexity index is 209. The summed E-state index contributed by atoms with van der Waals surface area (Å²) >= 11 is 0. The molecule has 0 aromatic carbocycles. The summed E-state index contributed by atoms with van der Waals surface area (Å²) < 4.78 is 5.37. The Morgan fingerprint density at radius 3 is 3.00 bits per heavy atom. The van der Waals surface area contributed by atoms with E-state index in [0.29, 0.717) is 12.6 Å². The molecule has 1 unspecified atom stereocenters. The highest BCUT2D eigenvalue weighted by atomic mass is 16.5. The smallest absolute Gasteiger partial charge is 0.248 e. The lowest BCUT2D eigenvalue weighted by Gasteiger charge is -2.31. The van der Waals surface area contributed by atoms with E-state index >= 15 is 0 Å². The number of rotatable bonds is 6. The molecular formula is C12H24N2O2. The van der Waals surface area contributed by atoms with Crippen LogP contribution in [0.15, 0.2) is 0 Å². The molecule has 0 radical (unpaired) electrons. The zero-order valence-electron chi connectivity index (χ0n) is 10.5. The summed E-state index contributed by atoms with van der Waals surface area (Å²) in [6.45, 7) is 7.72. The second kappa shape index (κ2) is 7.63. The fourth-order valence-corrected chi connectivity index (χ4v) is 1.86. The molecule has 0 aliphatic carbocycles. The third-order valence-corrected chi connectivity index (χ3v) is 2.84. The summed E-state index contributed by atoms with van der Waals surface area (Å²) in [5.74, 6) is 0.129. The highest BCUT2D eigenvalue weighted by molar-refractivity contribution is 5.77. The van der Waals surface area contributed by atoms with Crippen LogP contribution < -0.4 is 5.32 Å². The first kappa shape index (κ1) is 13.5. The molecule has 1 rings (SSSR count). The van der Waals surface area contributed by atoms with E-state index in [1.165, 1.54) is 12.8 Å². The van der Waals surface area contributed by atoms with Gasteiger partial charge in [-0.2, -0.15) is 0 Å². The van der Waals surface area contributed by atoms with Crippen molar-refractivity contribution in [1.82, 2.24) is 10.2 Å². The van der Waals surface area contributed by atoms with Gasteiger partial charge in [-0.25, -0.2) is 0 Å². The molecule has 0 aromatic heterocycles. The van der Waals surface area contributed by atoms with E-state index in [2.05, 4.69) is 19.2 Å². The summed E-state index contributed by atoms with van der Waals surface area (Å²) in [4.78, 5) is 13.6. The lowest BCUT2D eigenvalue weighted by Crippen LogP contribution is -2.52. The summed E-state index contributed by atoms with van der Waals surface area (Å²) in [5.41, 5.74) is 0. The molecule has 4 nitrogen and oxygen atoms in total. The van der Waals surface area contributed by atoms with Crippen molar-refractivity contribution >= 4 is 5.91 Å². The third kappa shape index (κ3) is 4.94. The minimum atomic E-state index is 0.129. The van der Waals surface area contributed by atoms with E-state index in [1.807, 2.05) is 4.90 Å². The number of nitrogens with zero attached hydrogens (tertiary/aromatic N) is 1. The standard InChI is InChI=1S/C12H24N2O2/c1-3-4-5-8-16-10-12(15)14-7-6-13-11(2)9-14/h11,13H,3-10H2,1-2H3. The fraction of sp³-hybridized carbons (Fsp3) is 0.917. The van der Waals surface area contributed by atoms with Gasteiger partial charge in [-0.05, 0) is 13.3 Å². The number of unbranched alkanes of at least 4 members (excludes halogenated alkanes) is 2. The van der Waals surface area contributed by atoms with Crippen LogP contribution in [-0.2, 0) is 9.53 Å². The lowest BCUT2D eigenvalue weighted by molar-refractivity contribution is -0.137. The molecule has 0 bridgehead atoms. The average Bonchev–Trinajstić information content (AvgIpc) is 2.28. The number of carbonyl (C=O) groups excluding carboxylic acids is 1. The van der Waals surface area contributed by atoms with E-state index in [4.69, 9.17) is 4.74 Å². The maximum Gasteiger partial charge on any atom is 0.248 e. The van der Waals surface area contributed by atoms with Crippen molar-refractivity contribution in [3.8, 4) is 0 Å². The van der Waals surface area contributed by atoms with Gasteiger partial charge in [-0.15, -0.1) is 0 Å². The average molecular weight is 228 g/mol. The van der Waals surface area contributed by atoms with Gasteiger partial charge < -0.3 is 15.0 Å². The van der Waals surface area contributed by atoms with Crippen molar-refractivity contribution in [1.29, 1.82) is 0 Å². The Hall–Kier alpha value is -0.610. The van der Waals surface area contributed by atoms with Gasteiger partial charge in [0.2, 0.25) is 5.91 Å². The van der Waals surface area contributed by atoms with E-state index in [-0.39, 0.29) is 12.5 Å². The van der Waals surface area contributed by atoms with E-state index < -0.39 is 0 Å². The monoisotopic (exact) mass is 228 g/mol. The first-order valence-corrected chi connectivity index (χ1v) is 6.33. The third-order valence-electron chi connectivity index (χ3n) is 2.84. The van der Waals surface area contributed by atoms with Gasteiger partial charge in [0.1, 0.15) is 6.61 Å². The fourth-order valence-electron chi connectivity index (χ4n) is 1.86. The molecule has 1 aliphatic heterocycles. The minimum Gasteiger partial charge on any atom is -0.372 e. The first-order valence-electron chi connectivity index (χ1n) is 6.33. The van der Waals surface area contributed by atoms with Crippen LogP contribution >= 0.6 is 0 Å². The Kier molecular flexibility index (Phi) is 6.42. The molecule has 0 saturated carbocycles.